The molecule has 5 heteroatoms. The maximum Gasteiger partial charge on any atom is 0.267 e. The van der Waals surface area contributed by atoms with Gasteiger partial charge < -0.3 is 4.57 Å². The second-order valence-electron chi connectivity index (χ2n) is 4.79. The third-order valence-corrected chi connectivity index (χ3v) is 3.64. The van der Waals surface area contributed by atoms with E-state index in [0.717, 1.165) is 16.5 Å². The van der Waals surface area contributed by atoms with E-state index >= 15 is 0 Å². The highest BCUT2D eigenvalue weighted by atomic mass is 35.5. The number of rotatable bonds is 3. The first kappa shape index (κ1) is 13.7. The molecule has 0 atom stereocenters. The van der Waals surface area contributed by atoms with E-state index < -0.39 is 0 Å². The molecule has 0 saturated carbocycles. The Labute approximate surface area is 127 Å². The average molecular weight is 300 g/mol. The quantitative estimate of drug-likeness (QED) is 0.444. The van der Waals surface area contributed by atoms with Crippen LogP contribution in [0.1, 0.15) is 15.9 Å². The number of carbonyl (C=O) groups excluding carboxylic acids is 1. The first-order chi connectivity index (χ1) is 10.2. The molecule has 0 saturated heterocycles. The predicted octanol–water partition coefficient (Wildman–Crippen LogP) is 2.95. The summed E-state index contributed by atoms with van der Waals surface area (Å²) in [6.07, 6.45) is 1.81. The maximum atomic E-state index is 11.9. The van der Waals surface area contributed by atoms with Crippen LogP contribution in [0.25, 0.3) is 10.9 Å². The van der Waals surface area contributed by atoms with Crippen LogP contribution in [0, 0.1) is 0 Å². The van der Waals surface area contributed by atoms with E-state index in [2.05, 4.69) is 5.43 Å². The van der Waals surface area contributed by atoms with Crippen LogP contribution in [0.3, 0.4) is 0 Å². The zero-order valence-corrected chi connectivity index (χ0v) is 12.0. The molecule has 1 amide bonds. The maximum absolute atomic E-state index is 11.9. The smallest absolute Gasteiger partial charge is 0.267 e. The Morgan fingerprint density at radius 2 is 2.00 bits per heavy atom. The van der Waals surface area contributed by atoms with E-state index in [9.17, 15) is 4.79 Å². The lowest BCUT2D eigenvalue weighted by atomic mass is 10.2. The van der Waals surface area contributed by atoms with Crippen LogP contribution in [0.5, 0.6) is 0 Å². The molecule has 3 rings (SSSR count). The average Bonchev–Trinajstić information content (AvgIpc) is 2.86. The molecular weight excluding hydrogens is 286 g/mol. The third kappa shape index (κ3) is 2.63. The minimum absolute atomic E-state index is 0.295. The van der Waals surface area contributed by atoms with Crippen molar-refractivity contribution in [2.24, 2.45) is 5.84 Å². The number of benzene rings is 2. The predicted molar refractivity (Wildman–Crippen MR) is 84.1 cm³/mol. The number of carbonyl (C=O) groups is 1. The van der Waals surface area contributed by atoms with Gasteiger partial charge in [-0.05, 0) is 23.8 Å². The summed E-state index contributed by atoms with van der Waals surface area (Å²) < 4.78 is 2.02. The van der Waals surface area contributed by atoms with E-state index in [1.807, 2.05) is 59.3 Å². The molecule has 0 spiro atoms. The van der Waals surface area contributed by atoms with Crippen molar-refractivity contribution in [2.45, 2.75) is 6.54 Å². The minimum atomic E-state index is -0.295. The third-order valence-electron chi connectivity index (χ3n) is 3.41. The normalized spacial score (nSPS) is 10.8. The molecule has 4 nitrogen and oxygen atoms in total. The van der Waals surface area contributed by atoms with Gasteiger partial charge in [0, 0.05) is 28.7 Å². The van der Waals surface area contributed by atoms with Gasteiger partial charge in [-0.2, -0.15) is 0 Å². The summed E-state index contributed by atoms with van der Waals surface area (Å²) in [5.41, 5.74) is 4.81. The number of hydrazine groups is 1. The van der Waals surface area contributed by atoms with Crippen molar-refractivity contribution in [1.82, 2.24) is 9.99 Å². The van der Waals surface area contributed by atoms with Gasteiger partial charge in [0.05, 0.1) is 5.56 Å². The molecule has 0 unspecified atom stereocenters. The minimum Gasteiger partial charge on any atom is -0.342 e. The molecule has 106 valence electrons. The van der Waals surface area contributed by atoms with Crippen LogP contribution >= 0.6 is 11.6 Å². The Morgan fingerprint density at radius 3 is 2.76 bits per heavy atom. The second-order valence-corrected chi connectivity index (χ2v) is 5.23. The highest BCUT2D eigenvalue weighted by molar-refractivity contribution is 6.30. The molecule has 3 N–H and O–H groups in total. The van der Waals surface area contributed by atoms with Gasteiger partial charge in [-0.3, -0.25) is 10.2 Å². The summed E-state index contributed by atoms with van der Waals surface area (Å²) in [5.74, 6) is 4.96. The summed E-state index contributed by atoms with van der Waals surface area (Å²) >= 11 is 6.02. The molecular formula is C16H14ClN3O. The van der Waals surface area contributed by atoms with E-state index in [4.69, 9.17) is 17.4 Å². The molecule has 0 aliphatic heterocycles. The second kappa shape index (κ2) is 5.60. The Kier molecular flexibility index (Phi) is 3.64. The zero-order chi connectivity index (χ0) is 14.8. The number of nitrogens with one attached hydrogen (secondary N) is 1. The van der Waals surface area contributed by atoms with Crippen LogP contribution in [0.4, 0.5) is 0 Å². The van der Waals surface area contributed by atoms with Crippen LogP contribution in [-0.2, 0) is 6.54 Å². The highest BCUT2D eigenvalue weighted by Gasteiger charge is 2.13. The van der Waals surface area contributed by atoms with Crippen molar-refractivity contribution in [2.75, 3.05) is 0 Å². The highest BCUT2D eigenvalue weighted by Crippen LogP contribution is 2.23. The summed E-state index contributed by atoms with van der Waals surface area (Å²) in [6, 6.07) is 15.4. The number of nitrogens with two attached hydrogens (primary N) is 1. The van der Waals surface area contributed by atoms with Crippen molar-refractivity contribution in [3.63, 3.8) is 0 Å². The van der Waals surface area contributed by atoms with Gasteiger partial charge in [-0.1, -0.05) is 41.9 Å². The largest absolute Gasteiger partial charge is 0.342 e. The van der Waals surface area contributed by atoms with Gasteiger partial charge in [-0.25, -0.2) is 5.84 Å². The number of amides is 1. The SMILES string of the molecule is NNC(=O)c1cn(Cc2cccc(Cl)c2)c2ccccc12. The summed E-state index contributed by atoms with van der Waals surface area (Å²) in [4.78, 5) is 11.9. The number of fused-ring (bicyclic) bond motifs is 1. The molecule has 2 aromatic carbocycles. The van der Waals surface area contributed by atoms with Crippen molar-refractivity contribution in [1.29, 1.82) is 0 Å². The van der Waals surface area contributed by atoms with Gasteiger partial charge in [0.2, 0.25) is 0 Å². The Bertz CT molecular complexity index is 810. The molecule has 0 aliphatic rings. The molecule has 0 radical (unpaired) electrons. The molecule has 1 aromatic heterocycles. The first-order valence-electron chi connectivity index (χ1n) is 6.52. The van der Waals surface area contributed by atoms with Crippen molar-refractivity contribution >= 4 is 28.4 Å². The lowest BCUT2D eigenvalue weighted by Crippen LogP contribution is -2.29. The van der Waals surface area contributed by atoms with Crippen LogP contribution < -0.4 is 11.3 Å². The molecule has 0 bridgehead atoms. The van der Waals surface area contributed by atoms with Gasteiger partial charge in [0.15, 0.2) is 0 Å². The van der Waals surface area contributed by atoms with Crippen molar-refractivity contribution < 1.29 is 4.79 Å². The molecule has 0 fully saturated rings. The van der Waals surface area contributed by atoms with E-state index in [-0.39, 0.29) is 5.91 Å². The molecule has 3 aromatic rings. The fourth-order valence-electron chi connectivity index (χ4n) is 2.47. The lowest BCUT2D eigenvalue weighted by molar-refractivity contribution is 0.0955. The Balaban J connectivity index is 2.08. The number of para-hydroxylation sites is 1. The molecule has 1 heterocycles. The first-order valence-corrected chi connectivity index (χ1v) is 6.90. The molecule has 21 heavy (non-hydrogen) atoms. The van der Waals surface area contributed by atoms with E-state index in [1.54, 1.807) is 0 Å². The van der Waals surface area contributed by atoms with Crippen molar-refractivity contribution in [3.8, 4) is 0 Å². The summed E-state index contributed by atoms with van der Waals surface area (Å²) in [6.45, 7) is 0.638. The van der Waals surface area contributed by atoms with Crippen LogP contribution in [-0.4, -0.2) is 10.5 Å². The Hall–Kier alpha value is -2.30. The number of hydrogen-bond donors (Lipinski definition) is 2. The van der Waals surface area contributed by atoms with Gasteiger partial charge in [0.25, 0.3) is 5.91 Å². The lowest BCUT2D eigenvalue weighted by Gasteiger charge is -2.05. The molecule has 0 aliphatic carbocycles. The van der Waals surface area contributed by atoms with E-state index in [0.29, 0.717) is 17.1 Å². The topological polar surface area (TPSA) is 60.0 Å². The number of nitrogen functional groups attached to an aromatic ring is 1. The Morgan fingerprint density at radius 1 is 1.19 bits per heavy atom. The van der Waals surface area contributed by atoms with Crippen LogP contribution in [0.2, 0.25) is 5.02 Å². The van der Waals surface area contributed by atoms with Gasteiger partial charge in [0.1, 0.15) is 0 Å². The van der Waals surface area contributed by atoms with Crippen LogP contribution in [0.15, 0.2) is 54.7 Å². The fraction of sp³-hybridized carbons (Fsp3) is 0.0625. The zero-order valence-electron chi connectivity index (χ0n) is 11.2. The standard InChI is InChI=1S/C16H14ClN3O/c17-12-5-3-4-11(8-12)9-20-10-14(16(21)19-18)13-6-1-2-7-15(13)20/h1-8,10H,9,18H2,(H,19,21). The van der Waals surface area contributed by atoms with E-state index in [1.165, 1.54) is 0 Å². The number of hydrogen-bond acceptors (Lipinski definition) is 2. The number of nitrogens with zero attached hydrogens (tertiary/aromatic N) is 1. The fourth-order valence-corrected chi connectivity index (χ4v) is 2.68. The number of aromatic nitrogens is 1. The van der Waals surface area contributed by atoms with Crippen molar-refractivity contribution in [3.05, 3.63) is 70.9 Å². The summed E-state index contributed by atoms with van der Waals surface area (Å²) in [7, 11) is 0. The van der Waals surface area contributed by atoms with Gasteiger partial charge in [-0.15, -0.1) is 0 Å². The number of halogens is 1. The summed E-state index contributed by atoms with van der Waals surface area (Å²) in [5, 5.41) is 1.58. The van der Waals surface area contributed by atoms with Gasteiger partial charge >= 0.3 is 0 Å². The monoisotopic (exact) mass is 299 g/mol.